The quantitative estimate of drug-likeness (QED) is 0.841. The maximum Gasteiger partial charge on any atom is 0.0834 e. The van der Waals surface area contributed by atoms with Crippen LogP contribution in [0.25, 0.3) is 0 Å². The summed E-state index contributed by atoms with van der Waals surface area (Å²) in [7, 11) is 0. The van der Waals surface area contributed by atoms with Crippen LogP contribution in [0.2, 0.25) is 5.02 Å². The summed E-state index contributed by atoms with van der Waals surface area (Å²) in [4.78, 5) is 0. The average Bonchev–Trinajstić information content (AvgIpc) is 2.30. The van der Waals surface area contributed by atoms with Crippen molar-refractivity contribution in [1.29, 1.82) is 0 Å². The highest BCUT2D eigenvalue weighted by atomic mass is 35.5. The third-order valence-corrected chi connectivity index (χ3v) is 3.28. The Balaban J connectivity index is 2.12. The van der Waals surface area contributed by atoms with E-state index in [0.29, 0.717) is 5.02 Å². The molecule has 1 aliphatic rings. The molecule has 1 saturated heterocycles. The molecule has 0 radical (unpaired) electrons. The third kappa shape index (κ3) is 2.51. The average molecular weight is 227 g/mol. The molecule has 82 valence electrons. The van der Waals surface area contributed by atoms with Crippen molar-refractivity contribution >= 4 is 11.6 Å². The van der Waals surface area contributed by atoms with Crippen molar-refractivity contribution < 1.29 is 9.84 Å². The Bertz CT molecular complexity index is 321. The van der Waals surface area contributed by atoms with Crippen LogP contribution in [0.4, 0.5) is 0 Å². The first kappa shape index (κ1) is 10.9. The largest absolute Gasteiger partial charge is 0.388 e. The van der Waals surface area contributed by atoms with E-state index in [0.717, 1.165) is 31.6 Å². The van der Waals surface area contributed by atoms with Gasteiger partial charge in [0.05, 0.1) is 6.10 Å². The van der Waals surface area contributed by atoms with E-state index in [1.807, 2.05) is 24.3 Å². The molecule has 15 heavy (non-hydrogen) atoms. The standard InChI is InChI=1S/C12H15ClO2/c13-11-4-2-1-3-10(11)12(14)9-5-7-15-8-6-9/h1-4,9,12,14H,5-8H2. The molecule has 0 aromatic heterocycles. The Labute approximate surface area is 94.8 Å². The van der Waals surface area contributed by atoms with E-state index in [1.54, 1.807) is 0 Å². The van der Waals surface area contributed by atoms with E-state index in [4.69, 9.17) is 16.3 Å². The highest BCUT2D eigenvalue weighted by molar-refractivity contribution is 6.31. The first-order valence-corrected chi connectivity index (χ1v) is 5.67. The Morgan fingerprint density at radius 2 is 1.93 bits per heavy atom. The highest BCUT2D eigenvalue weighted by Crippen LogP contribution is 2.33. The van der Waals surface area contributed by atoms with E-state index in [9.17, 15) is 5.11 Å². The van der Waals surface area contributed by atoms with Crippen molar-refractivity contribution in [1.82, 2.24) is 0 Å². The molecule has 1 N–H and O–H groups in total. The normalized spacial score (nSPS) is 20.1. The van der Waals surface area contributed by atoms with E-state index >= 15 is 0 Å². The molecule has 2 rings (SSSR count). The minimum atomic E-state index is -0.456. The summed E-state index contributed by atoms with van der Waals surface area (Å²) in [5.41, 5.74) is 0.839. The van der Waals surface area contributed by atoms with Crippen LogP contribution in [0.1, 0.15) is 24.5 Å². The Morgan fingerprint density at radius 1 is 1.27 bits per heavy atom. The molecule has 1 heterocycles. The molecule has 1 atom stereocenters. The van der Waals surface area contributed by atoms with E-state index < -0.39 is 6.10 Å². The molecule has 3 heteroatoms. The van der Waals surface area contributed by atoms with Crippen LogP contribution in [0.3, 0.4) is 0 Å². The maximum absolute atomic E-state index is 10.2. The molecular formula is C12H15ClO2. The summed E-state index contributed by atoms with van der Waals surface area (Å²) in [6, 6.07) is 7.49. The number of rotatable bonds is 2. The Hall–Kier alpha value is -0.570. The van der Waals surface area contributed by atoms with Crippen LogP contribution in [-0.4, -0.2) is 18.3 Å². The highest BCUT2D eigenvalue weighted by Gasteiger charge is 2.24. The van der Waals surface area contributed by atoms with Gasteiger partial charge in [0.1, 0.15) is 0 Å². The summed E-state index contributed by atoms with van der Waals surface area (Å²) in [6.45, 7) is 1.48. The molecule has 0 bridgehead atoms. The molecule has 0 amide bonds. The van der Waals surface area contributed by atoms with Gasteiger partial charge in [0.25, 0.3) is 0 Å². The minimum absolute atomic E-state index is 0.277. The number of hydrogen-bond acceptors (Lipinski definition) is 2. The fraction of sp³-hybridized carbons (Fsp3) is 0.500. The molecule has 1 fully saturated rings. The molecule has 2 nitrogen and oxygen atoms in total. The second kappa shape index (κ2) is 4.97. The number of halogens is 1. The lowest BCUT2D eigenvalue weighted by atomic mass is 9.89. The van der Waals surface area contributed by atoms with Crippen molar-refractivity contribution in [2.75, 3.05) is 13.2 Å². The molecular weight excluding hydrogens is 212 g/mol. The number of hydrogen-bond donors (Lipinski definition) is 1. The molecule has 0 aliphatic carbocycles. The number of benzene rings is 1. The lowest BCUT2D eigenvalue weighted by Gasteiger charge is -2.27. The van der Waals surface area contributed by atoms with Gasteiger partial charge in [-0.25, -0.2) is 0 Å². The maximum atomic E-state index is 10.2. The van der Waals surface area contributed by atoms with Crippen LogP contribution in [0.5, 0.6) is 0 Å². The van der Waals surface area contributed by atoms with Crippen molar-refractivity contribution in [2.45, 2.75) is 18.9 Å². The van der Waals surface area contributed by atoms with Gasteiger partial charge in [-0.15, -0.1) is 0 Å². The van der Waals surface area contributed by atoms with Gasteiger partial charge in [-0.2, -0.15) is 0 Å². The first-order valence-electron chi connectivity index (χ1n) is 5.29. The van der Waals surface area contributed by atoms with Crippen LogP contribution in [-0.2, 0) is 4.74 Å². The van der Waals surface area contributed by atoms with E-state index in [-0.39, 0.29) is 5.92 Å². The van der Waals surface area contributed by atoms with Crippen LogP contribution in [0, 0.1) is 5.92 Å². The fourth-order valence-electron chi connectivity index (χ4n) is 2.00. The lowest BCUT2D eigenvalue weighted by Crippen LogP contribution is -2.22. The lowest BCUT2D eigenvalue weighted by molar-refractivity contribution is 0.00722. The summed E-state index contributed by atoms with van der Waals surface area (Å²) < 4.78 is 5.27. The second-order valence-corrected chi connectivity index (χ2v) is 4.32. The predicted octanol–water partition coefficient (Wildman–Crippen LogP) is 2.80. The Morgan fingerprint density at radius 3 is 2.60 bits per heavy atom. The van der Waals surface area contributed by atoms with Gasteiger partial charge in [0.15, 0.2) is 0 Å². The van der Waals surface area contributed by atoms with Gasteiger partial charge >= 0.3 is 0 Å². The Kier molecular flexibility index (Phi) is 3.62. The van der Waals surface area contributed by atoms with Gasteiger partial charge in [0.2, 0.25) is 0 Å². The van der Waals surface area contributed by atoms with E-state index in [1.165, 1.54) is 0 Å². The molecule has 1 unspecified atom stereocenters. The zero-order valence-electron chi connectivity index (χ0n) is 8.53. The zero-order chi connectivity index (χ0) is 10.7. The topological polar surface area (TPSA) is 29.5 Å². The minimum Gasteiger partial charge on any atom is -0.388 e. The molecule has 0 saturated carbocycles. The summed E-state index contributed by atoms with van der Waals surface area (Å²) >= 11 is 6.05. The first-order chi connectivity index (χ1) is 7.29. The number of aliphatic hydroxyl groups is 1. The van der Waals surface area contributed by atoms with Crippen molar-refractivity contribution in [2.24, 2.45) is 5.92 Å². The van der Waals surface area contributed by atoms with Crippen LogP contribution in [0.15, 0.2) is 24.3 Å². The van der Waals surface area contributed by atoms with Gasteiger partial charge in [-0.05, 0) is 30.4 Å². The molecule has 1 aromatic rings. The molecule has 1 aliphatic heterocycles. The summed E-state index contributed by atoms with van der Waals surface area (Å²) in [5.74, 6) is 0.277. The smallest absolute Gasteiger partial charge is 0.0834 e. The predicted molar refractivity (Wildman–Crippen MR) is 60.0 cm³/mol. The number of ether oxygens (including phenoxy) is 1. The van der Waals surface area contributed by atoms with E-state index in [2.05, 4.69) is 0 Å². The number of aliphatic hydroxyl groups excluding tert-OH is 1. The van der Waals surface area contributed by atoms with Gasteiger partial charge < -0.3 is 9.84 Å². The van der Waals surface area contributed by atoms with Gasteiger partial charge in [0, 0.05) is 18.2 Å². The SMILES string of the molecule is OC(c1ccccc1Cl)C1CCOCC1. The van der Waals surface area contributed by atoms with Crippen molar-refractivity contribution in [3.8, 4) is 0 Å². The van der Waals surface area contributed by atoms with Gasteiger partial charge in [-0.1, -0.05) is 29.8 Å². The fourth-order valence-corrected chi connectivity index (χ4v) is 2.25. The zero-order valence-corrected chi connectivity index (χ0v) is 9.28. The van der Waals surface area contributed by atoms with Crippen LogP contribution < -0.4 is 0 Å². The van der Waals surface area contributed by atoms with Crippen molar-refractivity contribution in [3.05, 3.63) is 34.9 Å². The third-order valence-electron chi connectivity index (χ3n) is 2.94. The monoisotopic (exact) mass is 226 g/mol. The molecule has 1 aromatic carbocycles. The molecule has 0 spiro atoms. The van der Waals surface area contributed by atoms with Gasteiger partial charge in [-0.3, -0.25) is 0 Å². The second-order valence-electron chi connectivity index (χ2n) is 3.92. The summed E-state index contributed by atoms with van der Waals surface area (Å²) in [6.07, 6.45) is 1.36. The van der Waals surface area contributed by atoms with Crippen molar-refractivity contribution in [3.63, 3.8) is 0 Å². The van der Waals surface area contributed by atoms with Crippen LogP contribution >= 0.6 is 11.6 Å². The summed E-state index contributed by atoms with van der Waals surface area (Å²) in [5, 5.41) is 10.8.